The van der Waals surface area contributed by atoms with Crippen molar-refractivity contribution in [1.82, 2.24) is 15.0 Å². The van der Waals surface area contributed by atoms with E-state index in [9.17, 15) is 0 Å². The van der Waals surface area contributed by atoms with Crippen LogP contribution in [0.15, 0.2) is 30.7 Å². The zero-order chi connectivity index (χ0) is 10.5. The van der Waals surface area contributed by atoms with Crippen LogP contribution in [0.5, 0.6) is 0 Å². The Balaban J connectivity index is 1.83. The number of nitrogens with one attached hydrogen (secondary N) is 2. The number of nitrogens with zero attached hydrogens (tertiary/aromatic N) is 2. The fourth-order valence-corrected chi connectivity index (χ4v) is 1.45. The van der Waals surface area contributed by atoms with Crippen LogP contribution in [-0.2, 0) is 6.42 Å². The summed E-state index contributed by atoms with van der Waals surface area (Å²) in [7, 11) is 0. The number of halogens is 1. The molecular weight excluding hydrogens is 212 g/mol. The molecule has 0 spiro atoms. The molecule has 0 atom stereocenters. The molecule has 2 aromatic rings. The van der Waals surface area contributed by atoms with Crippen LogP contribution in [-0.4, -0.2) is 21.5 Å². The lowest BCUT2D eigenvalue weighted by Crippen LogP contribution is -2.05. The average Bonchev–Trinajstić information content (AvgIpc) is 2.71. The van der Waals surface area contributed by atoms with E-state index in [1.165, 1.54) is 0 Å². The first-order chi connectivity index (χ1) is 7.34. The highest BCUT2D eigenvalue weighted by atomic mass is 35.5. The summed E-state index contributed by atoms with van der Waals surface area (Å²) in [6, 6.07) is 3.68. The molecule has 0 radical (unpaired) electrons. The Morgan fingerprint density at radius 2 is 2.27 bits per heavy atom. The number of aromatic amines is 1. The van der Waals surface area contributed by atoms with Crippen LogP contribution in [0.1, 0.15) is 5.82 Å². The van der Waals surface area contributed by atoms with E-state index >= 15 is 0 Å². The molecule has 0 saturated heterocycles. The molecule has 2 aromatic heterocycles. The van der Waals surface area contributed by atoms with Crippen LogP contribution in [0.25, 0.3) is 0 Å². The standard InChI is InChI=1S/C10H11ClN4/c11-9-7-8(1-3-13-9)12-4-2-10-14-5-6-15-10/h1,3,5-7H,2,4H2,(H,12,13)(H,14,15). The van der Waals surface area contributed by atoms with E-state index in [1.54, 1.807) is 18.5 Å². The van der Waals surface area contributed by atoms with Crippen molar-refractivity contribution >= 4 is 17.3 Å². The number of H-pyrrole nitrogens is 1. The van der Waals surface area contributed by atoms with Crippen LogP contribution in [0.4, 0.5) is 5.69 Å². The molecule has 0 amide bonds. The van der Waals surface area contributed by atoms with Gasteiger partial charge in [-0.05, 0) is 12.1 Å². The molecule has 78 valence electrons. The maximum absolute atomic E-state index is 5.75. The predicted molar refractivity (Wildman–Crippen MR) is 60.0 cm³/mol. The van der Waals surface area contributed by atoms with Gasteiger partial charge in [0.2, 0.25) is 0 Å². The van der Waals surface area contributed by atoms with E-state index in [0.29, 0.717) is 5.15 Å². The fraction of sp³-hybridized carbons (Fsp3) is 0.200. The Morgan fingerprint density at radius 3 is 3.00 bits per heavy atom. The van der Waals surface area contributed by atoms with E-state index in [4.69, 9.17) is 11.6 Å². The average molecular weight is 223 g/mol. The lowest BCUT2D eigenvalue weighted by Gasteiger charge is -2.04. The van der Waals surface area contributed by atoms with Crippen LogP contribution < -0.4 is 5.32 Å². The smallest absolute Gasteiger partial charge is 0.131 e. The van der Waals surface area contributed by atoms with Crippen molar-refractivity contribution in [1.29, 1.82) is 0 Å². The normalized spacial score (nSPS) is 10.2. The van der Waals surface area contributed by atoms with Crippen molar-refractivity contribution in [3.05, 3.63) is 41.7 Å². The van der Waals surface area contributed by atoms with Crippen LogP contribution in [0.2, 0.25) is 5.15 Å². The molecule has 2 heterocycles. The van der Waals surface area contributed by atoms with Crippen LogP contribution >= 0.6 is 11.6 Å². The van der Waals surface area contributed by atoms with Crippen molar-refractivity contribution in [2.75, 3.05) is 11.9 Å². The number of rotatable bonds is 4. The van der Waals surface area contributed by atoms with Crippen molar-refractivity contribution in [2.24, 2.45) is 0 Å². The van der Waals surface area contributed by atoms with Gasteiger partial charge in [-0.1, -0.05) is 11.6 Å². The zero-order valence-electron chi connectivity index (χ0n) is 8.07. The Labute approximate surface area is 92.7 Å². The molecular formula is C10H11ClN4. The molecule has 2 N–H and O–H groups in total. The highest BCUT2D eigenvalue weighted by molar-refractivity contribution is 6.29. The zero-order valence-corrected chi connectivity index (χ0v) is 8.83. The lowest BCUT2D eigenvalue weighted by atomic mass is 10.3. The largest absolute Gasteiger partial charge is 0.384 e. The number of anilines is 1. The lowest BCUT2D eigenvalue weighted by molar-refractivity contribution is 0.927. The predicted octanol–water partition coefficient (Wildman–Crippen LogP) is 2.11. The quantitative estimate of drug-likeness (QED) is 0.780. The van der Waals surface area contributed by atoms with E-state index in [0.717, 1.165) is 24.5 Å². The first kappa shape index (κ1) is 9.98. The van der Waals surface area contributed by atoms with Gasteiger partial charge < -0.3 is 10.3 Å². The van der Waals surface area contributed by atoms with Gasteiger partial charge in [0.1, 0.15) is 11.0 Å². The summed E-state index contributed by atoms with van der Waals surface area (Å²) in [6.07, 6.45) is 6.10. The maximum Gasteiger partial charge on any atom is 0.131 e. The minimum Gasteiger partial charge on any atom is -0.384 e. The number of hydrogen-bond donors (Lipinski definition) is 2. The number of hydrogen-bond acceptors (Lipinski definition) is 3. The Bertz CT molecular complexity index is 413. The molecule has 0 aliphatic carbocycles. The Morgan fingerprint density at radius 1 is 1.33 bits per heavy atom. The molecule has 5 heteroatoms. The molecule has 0 saturated carbocycles. The first-order valence-corrected chi connectivity index (χ1v) is 5.06. The van der Waals surface area contributed by atoms with Crippen molar-refractivity contribution < 1.29 is 0 Å². The number of imidazole rings is 1. The molecule has 2 rings (SSSR count). The molecule has 0 bridgehead atoms. The highest BCUT2D eigenvalue weighted by Crippen LogP contribution is 2.11. The van der Waals surface area contributed by atoms with Crippen molar-refractivity contribution in [2.45, 2.75) is 6.42 Å². The van der Waals surface area contributed by atoms with Gasteiger partial charge >= 0.3 is 0 Å². The second-order valence-corrected chi connectivity index (χ2v) is 3.47. The molecule has 0 unspecified atom stereocenters. The topological polar surface area (TPSA) is 53.6 Å². The van der Waals surface area contributed by atoms with Gasteiger partial charge in [0.25, 0.3) is 0 Å². The molecule has 4 nitrogen and oxygen atoms in total. The second-order valence-electron chi connectivity index (χ2n) is 3.08. The third kappa shape index (κ3) is 2.95. The Hall–Kier alpha value is -1.55. The van der Waals surface area contributed by atoms with Gasteiger partial charge in [-0.3, -0.25) is 0 Å². The van der Waals surface area contributed by atoms with Gasteiger partial charge in [-0.25, -0.2) is 9.97 Å². The monoisotopic (exact) mass is 222 g/mol. The van der Waals surface area contributed by atoms with Gasteiger partial charge in [0, 0.05) is 37.2 Å². The summed E-state index contributed by atoms with van der Waals surface area (Å²) < 4.78 is 0. The van der Waals surface area contributed by atoms with Crippen LogP contribution in [0, 0.1) is 0 Å². The highest BCUT2D eigenvalue weighted by Gasteiger charge is 1.96. The SMILES string of the molecule is Clc1cc(NCCc2ncc[nH]2)ccn1. The summed E-state index contributed by atoms with van der Waals surface area (Å²) in [4.78, 5) is 11.1. The van der Waals surface area contributed by atoms with E-state index < -0.39 is 0 Å². The fourth-order valence-electron chi connectivity index (χ4n) is 1.27. The second kappa shape index (κ2) is 4.79. The molecule has 0 aliphatic heterocycles. The van der Waals surface area contributed by atoms with Gasteiger partial charge in [0.05, 0.1) is 0 Å². The van der Waals surface area contributed by atoms with Gasteiger partial charge in [-0.15, -0.1) is 0 Å². The van der Waals surface area contributed by atoms with Gasteiger partial charge in [0.15, 0.2) is 0 Å². The minimum atomic E-state index is 0.498. The summed E-state index contributed by atoms with van der Waals surface area (Å²) in [6.45, 7) is 0.813. The third-order valence-corrected chi connectivity index (χ3v) is 2.18. The maximum atomic E-state index is 5.75. The number of pyridine rings is 1. The van der Waals surface area contributed by atoms with E-state index in [-0.39, 0.29) is 0 Å². The minimum absolute atomic E-state index is 0.498. The first-order valence-electron chi connectivity index (χ1n) is 4.68. The molecule has 15 heavy (non-hydrogen) atoms. The summed E-state index contributed by atoms with van der Waals surface area (Å²) in [5, 5.41) is 3.74. The molecule has 0 aromatic carbocycles. The van der Waals surface area contributed by atoms with Crippen molar-refractivity contribution in [3.63, 3.8) is 0 Å². The number of aromatic nitrogens is 3. The summed E-state index contributed by atoms with van der Waals surface area (Å²) in [5.74, 6) is 0.975. The molecule has 0 fully saturated rings. The van der Waals surface area contributed by atoms with Gasteiger partial charge in [-0.2, -0.15) is 0 Å². The van der Waals surface area contributed by atoms with E-state index in [1.807, 2.05) is 12.3 Å². The summed E-state index contributed by atoms with van der Waals surface area (Å²) in [5.41, 5.74) is 0.974. The van der Waals surface area contributed by atoms with Crippen molar-refractivity contribution in [3.8, 4) is 0 Å². The third-order valence-electron chi connectivity index (χ3n) is 1.97. The molecule has 0 aliphatic rings. The Kier molecular flexibility index (Phi) is 3.19. The van der Waals surface area contributed by atoms with Crippen LogP contribution in [0.3, 0.4) is 0 Å². The summed E-state index contributed by atoms with van der Waals surface area (Å²) >= 11 is 5.75. The van der Waals surface area contributed by atoms with E-state index in [2.05, 4.69) is 20.3 Å².